The quantitative estimate of drug-likeness (QED) is 0.420. The molecule has 0 bridgehead atoms. The Morgan fingerprint density at radius 1 is 1.06 bits per heavy atom. The van der Waals surface area contributed by atoms with E-state index in [1.165, 1.54) is 31.2 Å². The number of ether oxygens (including phenoxy) is 1. The van der Waals surface area contributed by atoms with Gasteiger partial charge >= 0.3 is 18.3 Å². The molecule has 2 aromatic carbocycles. The van der Waals surface area contributed by atoms with Crippen LogP contribution in [0.15, 0.2) is 36.4 Å². The highest BCUT2D eigenvalue weighted by Crippen LogP contribution is 2.38. The van der Waals surface area contributed by atoms with Crippen molar-refractivity contribution in [2.45, 2.75) is 43.7 Å². The van der Waals surface area contributed by atoms with E-state index in [1.807, 2.05) is 0 Å². The Bertz CT molecular complexity index is 1170. The second-order valence-corrected chi connectivity index (χ2v) is 8.05. The smallest absolute Gasteiger partial charge is 0.383 e. The lowest BCUT2D eigenvalue weighted by atomic mass is 9.96. The van der Waals surface area contributed by atoms with E-state index >= 15 is 0 Å². The summed E-state index contributed by atoms with van der Waals surface area (Å²) in [6.07, 6.45) is -4.37. The number of methoxy groups -OCH3 is 1. The Hall–Kier alpha value is -3.57. The van der Waals surface area contributed by atoms with Gasteiger partial charge in [-0.05, 0) is 43.0 Å². The summed E-state index contributed by atoms with van der Waals surface area (Å²) in [5.74, 6) is -10.9. The maximum Gasteiger partial charge on any atom is 0.383 e. The molecule has 12 heteroatoms. The molecule has 0 heterocycles. The molecular weight excluding hydrogens is 482 g/mol. The van der Waals surface area contributed by atoms with Crippen LogP contribution >= 0.6 is 0 Å². The van der Waals surface area contributed by atoms with E-state index in [4.69, 9.17) is 0 Å². The zero-order valence-corrected chi connectivity index (χ0v) is 18.4. The van der Waals surface area contributed by atoms with Gasteiger partial charge in [-0.1, -0.05) is 24.3 Å². The molecule has 188 valence electrons. The topological polar surface area (TPSA) is 84.5 Å². The molecule has 2 aromatic rings. The number of esters is 1. The van der Waals surface area contributed by atoms with Gasteiger partial charge in [0.15, 0.2) is 0 Å². The number of carbonyl (C=O) groups excluding carboxylic acids is 3. The average molecular weight is 502 g/mol. The van der Waals surface area contributed by atoms with Crippen LogP contribution in [0.3, 0.4) is 0 Å². The number of halogens is 6. The van der Waals surface area contributed by atoms with E-state index < -0.39 is 58.9 Å². The molecule has 1 aliphatic rings. The highest BCUT2D eigenvalue weighted by molar-refractivity contribution is 5.98. The maximum atomic E-state index is 14.9. The van der Waals surface area contributed by atoms with Gasteiger partial charge in [0.1, 0.15) is 22.7 Å². The van der Waals surface area contributed by atoms with Crippen molar-refractivity contribution in [3.8, 4) is 11.1 Å². The summed E-state index contributed by atoms with van der Waals surface area (Å²) < 4.78 is 85.0. The van der Waals surface area contributed by atoms with Crippen molar-refractivity contribution in [1.82, 2.24) is 10.6 Å². The second kappa shape index (κ2) is 9.59. The molecule has 0 aliphatic heterocycles. The fraction of sp³-hybridized carbons (Fsp3) is 0.348. The van der Waals surface area contributed by atoms with Crippen LogP contribution in [-0.4, -0.2) is 42.8 Å². The second-order valence-electron chi connectivity index (χ2n) is 8.05. The fourth-order valence-electron chi connectivity index (χ4n) is 3.47. The van der Waals surface area contributed by atoms with Crippen molar-refractivity contribution in [3.05, 3.63) is 59.2 Å². The number of hydrogen-bond donors (Lipinski definition) is 2. The van der Waals surface area contributed by atoms with Crippen LogP contribution in [0.5, 0.6) is 0 Å². The minimum atomic E-state index is -4.97. The molecule has 0 aromatic heterocycles. The van der Waals surface area contributed by atoms with Gasteiger partial charge in [-0.2, -0.15) is 8.78 Å². The van der Waals surface area contributed by atoms with Crippen LogP contribution in [0.1, 0.15) is 41.7 Å². The Morgan fingerprint density at radius 3 is 2.26 bits per heavy atom. The number of amides is 2. The number of alkyl halides is 4. The van der Waals surface area contributed by atoms with Crippen molar-refractivity contribution in [2.75, 3.05) is 7.11 Å². The minimum Gasteiger partial charge on any atom is -0.465 e. The van der Waals surface area contributed by atoms with E-state index in [2.05, 4.69) is 10.1 Å². The molecule has 2 amide bonds. The summed E-state index contributed by atoms with van der Waals surface area (Å²) in [6, 6.07) is 6.40. The van der Waals surface area contributed by atoms with Gasteiger partial charge in [0.2, 0.25) is 5.91 Å². The molecule has 6 nitrogen and oxygen atoms in total. The van der Waals surface area contributed by atoms with Gasteiger partial charge in [0.25, 0.3) is 5.91 Å². The zero-order chi connectivity index (χ0) is 26.1. The Morgan fingerprint density at radius 2 is 1.71 bits per heavy atom. The lowest BCUT2D eigenvalue weighted by Gasteiger charge is -2.23. The van der Waals surface area contributed by atoms with Crippen LogP contribution < -0.4 is 10.6 Å². The zero-order valence-electron chi connectivity index (χ0n) is 18.4. The number of carbonyl (C=O) groups is 3. The first kappa shape index (κ1) is 26.0. The molecule has 2 N–H and O–H groups in total. The molecule has 35 heavy (non-hydrogen) atoms. The molecule has 0 spiro atoms. The predicted molar refractivity (Wildman–Crippen MR) is 111 cm³/mol. The summed E-state index contributed by atoms with van der Waals surface area (Å²) in [5.41, 5.74) is -2.02. The Kier molecular flexibility index (Phi) is 7.13. The summed E-state index contributed by atoms with van der Waals surface area (Å²) in [5, 5.41) is 4.04. The number of hydrogen-bond acceptors (Lipinski definition) is 4. The summed E-state index contributed by atoms with van der Waals surface area (Å²) >= 11 is 0. The molecule has 0 unspecified atom stereocenters. The van der Waals surface area contributed by atoms with Crippen molar-refractivity contribution in [3.63, 3.8) is 0 Å². The van der Waals surface area contributed by atoms with Gasteiger partial charge in [0, 0.05) is 5.56 Å². The summed E-state index contributed by atoms with van der Waals surface area (Å²) in [6.45, 7) is 1.38. The van der Waals surface area contributed by atoms with Crippen LogP contribution in [0.2, 0.25) is 0 Å². The first-order valence-electron chi connectivity index (χ1n) is 10.3. The molecule has 1 saturated carbocycles. The number of rotatable bonds is 8. The summed E-state index contributed by atoms with van der Waals surface area (Å²) in [7, 11) is 1.07. The highest BCUT2D eigenvalue weighted by atomic mass is 19.3. The lowest BCUT2D eigenvalue weighted by Crippen LogP contribution is -2.55. The molecular formula is C23H20F6N2O4. The molecule has 0 saturated heterocycles. The van der Waals surface area contributed by atoms with Crippen molar-refractivity contribution >= 4 is 17.8 Å². The van der Waals surface area contributed by atoms with Crippen molar-refractivity contribution in [2.24, 2.45) is 0 Å². The van der Waals surface area contributed by atoms with Crippen molar-refractivity contribution in [1.29, 1.82) is 0 Å². The van der Waals surface area contributed by atoms with Crippen molar-refractivity contribution < 1.29 is 45.5 Å². The largest absolute Gasteiger partial charge is 0.465 e. The third kappa shape index (κ3) is 5.10. The number of benzene rings is 2. The monoisotopic (exact) mass is 502 g/mol. The first-order chi connectivity index (χ1) is 16.3. The van der Waals surface area contributed by atoms with E-state index in [0.717, 1.165) is 19.2 Å². The van der Waals surface area contributed by atoms with Crippen LogP contribution in [0.4, 0.5) is 26.3 Å². The van der Waals surface area contributed by atoms with E-state index in [-0.39, 0.29) is 29.5 Å². The number of nitrogens with one attached hydrogen (secondary N) is 2. The standard InChI is InChI=1S/C23H20F6N2O4/c1-11(30-20(33)22(8-9-22)31-21(34)23(28,29)19(26)27)13-7-6-12(10-16(13)25)14-4-3-5-15(24)17(14)18(32)35-2/h3-7,10-11,19H,8-9H2,1-2H3,(H,30,33)(H,31,34)/t11-/m1/s1. The van der Waals surface area contributed by atoms with E-state index in [9.17, 15) is 40.7 Å². The van der Waals surface area contributed by atoms with Gasteiger partial charge in [0.05, 0.1) is 13.2 Å². The Balaban J connectivity index is 1.78. The van der Waals surface area contributed by atoms with Crippen LogP contribution in [0.25, 0.3) is 11.1 Å². The van der Waals surface area contributed by atoms with Gasteiger partial charge in [-0.3, -0.25) is 9.59 Å². The van der Waals surface area contributed by atoms with Gasteiger partial charge in [-0.25, -0.2) is 22.4 Å². The maximum absolute atomic E-state index is 14.9. The molecule has 1 fully saturated rings. The molecule has 0 radical (unpaired) electrons. The predicted octanol–water partition coefficient (Wildman–Crippen LogP) is 4.14. The molecule has 1 aliphatic carbocycles. The third-order valence-corrected chi connectivity index (χ3v) is 5.64. The first-order valence-corrected chi connectivity index (χ1v) is 10.3. The third-order valence-electron chi connectivity index (χ3n) is 5.64. The normalized spacial score (nSPS) is 15.3. The molecule has 3 rings (SSSR count). The van der Waals surface area contributed by atoms with Gasteiger partial charge < -0.3 is 15.4 Å². The summed E-state index contributed by atoms with van der Waals surface area (Å²) in [4.78, 5) is 36.1. The van der Waals surface area contributed by atoms with E-state index in [0.29, 0.717) is 0 Å². The fourth-order valence-corrected chi connectivity index (χ4v) is 3.47. The Labute approximate surface area is 195 Å². The lowest BCUT2D eigenvalue weighted by molar-refractivity contribution is -0.171. The van der Waals surface area contributed by atoms with E-state index in [1.54, 1.807) is 5.32 Å². The van der Waals surface area contributed by atoms with Crippen LogP contribution in [0, 0.1) is 11.6 Å². The SMILES string of the molecule is COC(=O)c1c(F)cccc1-c1ccc([C@@H](C)NC(=O)C2(NC(=O)C(F)(F)C(F)F)CC2)c(F)c1. The van der Waals surface area contributed by atoms with Crippen LogP contribution in [-0.2, 0) is 14.3 Å². The minimum absolute atomic E-state index is 0.0434. The van der Waals surface area contributed by atoms with Gasteiger partial charge in [-0.15, -0.1) is 0 Å². The average Bonchev–Trinajstić information content (AvgIpc) is 3.58. The highest BCUT2D eigenvalue weighted by Gasteiger charge is 2.57. The molecule has 1 atom stereocenters.